The molecule has 1 rings (SSSR count). The van der Waals surface area contributed by atoms with Crippen LogP contribution >= 0.6 is 0 Å². The molecular formula is C11H18N6O4. The van der Waals surface area contributed by atoms with Crippen LogP contribution in [0.4, 0.5) is 17.3 Å². The minimum absolute atomic E-state index is 0.00188. The third-order valence-electron chi connectivity index (χ3n) is 2.56. The maximum absolute atomic E-state index is 11.7. The number of anilines is 2. The molecular weight excluding hydrogens is 280 g/mol. The number of pyridine rings is 1. The molecule has 0 aromatic carbocycles. The predicted molar refractivity (Wildman–Crippen MR) is 76.9 cm³/mol. The Hall–Kier alpha value is -2.46. The van der Waals surface area contributed by atoms with Crippen LogP contribution in [0.25, 0.3) is 0 Å². The topological polar surface area (TPSA) is 136 Å². The van der Waals surface area contributed by atoms with Gasteiger partial charge >= 0.3 is 0 Å². The number of nitrogens with zero attached hydrogens (tertiary/aromatic N) is 3. The van der Waals surface area contributed by atoms with Crippen LogP contribution in [0.3, 0.4) is 0 Å². The zero-order valence-electron chi connectivity index (χ0n) is 11.8. The minimum atomic E-state index is -0.557. The number of carbonyl (C=O) groups excluding carboxylic acids is 1. The first-order valence-corrected chi connectivity index (χ1v) is 6.07. The number of amides is 1. The van der Waals surface area contributed by atoms with Crippen molar-refractivity contribution in [3.05, 3.63) is 22.2 Å². The molecule has 0 aliphatic rings. The number of likely N-dealkylation sites (N-methyl/N-ethyl adjacent to an activating group) is 1. The molecule has 0 spiro atoms. The van der Waals surface area contributed by atoms with Gasteiger partial charge in [0.25, 0.3) is 5.69 Å². The zero-order chi connectivity index (χ0) is 15.8. The molecule has 0 radical (unpaired) electrons. The third kappa shape index (κ3) is 5.20. The quantitative estimate of drug-likeness (QED) is 0.252. The van der Waals surface area contributed by atoms with Gasteiger partial charge in [-0.05, 0) is 0 Å². The number of carbonyl (C=O) groups is 1. The first-order chi connectivity index (χ1) is 9.97. The summed E-state index contributed by atoms with van der Waals surface area (Å²) >= 11 is 0. The third-order valence-corrected chi connectivity index (χ3v) is 2.56. The summed E-state index contributed by atoms with van der Waals surface area (Å²) in [4.78, 5) is 27.5. The number of hydrogen-bond acceptors (Lipinski definition) is 8. The molecule has 0 aliphatic heterocycles. The van der Waals surface area contributed by atoms with Gasteiger partial charge in [0.1, 0.15) is 11.6 Å². The summed E-state index contributed by atoms with van der Waals surface area (Å²) in [5.74, 6) is 5.39. The number of nitro groups is 1. The van der Waals surface area contributed by atoms with E-state index < -0.39 is 4.92 Å². The average molecular weight is 298 g/mol. The first kappa shape index (κ1) is 16.6. The van der Waals surface area contributed by atoms with Crippen LogP contribution in [0, 0.1) is 10.1 Å². The number of hydrogen-bond donors (Lipinski definition) is 3. The van der Waals surface area contributed by atoms with Crippen molar-refractivity contribution in [1.82, 2.24) is 10.3 Å². The molecule has 4 N–H and O–H groups in total. The molecule has 116 valence electrons. The minimum Gasteiger partial charge on any atom is -0.383 e. The Morgan fingerprint density at radius 3 is 2.86 bits per heavy atom. The molecule has 0 saturated carbocycles. The molecule has 1 heterocycles. The van der Waals surface area contributed by atoms with Crippen molar-refractivity contribution in [2.75, 3.05) is 44.2 Å². The second kappa shape index (κ2) is 7.97. The Morgan fingerprint density at radius 1 is 1.57 bits per heavy atom. The smallest absolute Gasteiger partial charge is 0.276 e. The summed E-state index contributed by atoms with van der Waals surface area (Å²) in [6, 6.07) is 2.47. The van der Waals surface area contributed by atoms with Crippen LogP contribution in [-0.4, -0.2) is 49.7 Å². The normalized spacial score (nSPS) is 10.0. The molecule has 0 fully saturated rings. The lowest BCUT2D eigenvalue weighted by molar-refractivity contribution is -0.384. The van der Waals surface area contributed by atoms with Crippen LogP contribution < -0.4 is 21.5 Å². The van der Waals surface area contributed by atoms with E-state index in [2.05, 4.69) is 15.7 Å². The maximum atomic E-state index is 11.7. The van der Waals surface area contributed by atoms with Crippen molar-refractivity contribution >= 4 is 23.2 Å². The second-order valence-electron chi connectivity index (χ2n) is 4.17. The van der Waals surface area contributed by atoms with Crippen molar-refractivity contribution in [1.29, 1.82) is 0 Å². The highest BCUT2D eigenvalue weighted by Gasteiger charge is 2.15. The molecule has 10 nitrogen and oxygen atoms in total. The molecule has 1 amide bonds. The lowest BCUT2D eigenvalue weighted by atomic mass is 10.3. The summed E-state index contributed by atoms with van der Waals surface area (Å²) in [5, 5.41) is 13.5. The molecule has 0 unspecified atom stereocenters. The Balaban J connectivity index is 2.76. The molecule has 0 aliphatic carbocycles. The van der Waals surface area contributed by atoms with E-state index in [0.29, 0.717) is 13.2 Å². The average Bonchev–Trinajstić information content (AvgIpc) is 2.46. The Kier molecular flexibility index (Phi) is 6.30. The summed E-state index contributed by atoms with van der Waals surface area (Å²) in [5.41, 5.74) is 2.09. The number of nitrogen functional groups attached to an aromatic ring is 1. The standard InChI is InChI=1S/C11H18N6O4/c1-16(7-11(18)13-3-4-21-2)10-6-8(17(19)20)5-9(14-10)15-12/h5-6H,3-4,7,12H2,1-2H3,(H,13,18)(H,14,15). The number of hydrazine groups is 1. The van der Waals surface area contributed by atoms with E-state index in [1.807, 2.05) is 0 Å². The molecule has 0 saturated heterocycles. The first-order valence-electron chi connectivity index (χ1n) is 6.07. The monoisotopic (exact) mass is 298 g/mol. The van der Waals surface area contributed by atoms with Gasteiger partial charge in [-0.2, -0.15) is 0 Å². The lowest BCUT2D eigenvalue weighted by Gasteiger charge is -2.18. The summed E-state index contributed by atoms with van der Waals surface area (Å²) in [6.07, 6.45) is 0. The molecule has 10 heteroatoms. The number of methoxy groups -OCH3 is 1. The number of aromatic nitrogens is 1. The summed E-state index contributed by atoms with van der Waals surface area (Å²) < 4.78 is 4.82. The van der Waals surface area contributed by atoms with Gasteiger partial charge in [0.2, 0.25) is 5.91 Å². The summed E-state index contributed by atoms with van der Waals surface area (Å²) in [7, 11) is 3.13. The van der Waals surface area contributed by atoms with Gasteiger partial charge in [-0.3, -0.25) is 14.9 Å². The SMILES string of the molecule is COCCNC(=O)CN(C)c1cc([N+](=O)[O-])cc(NN)n1. The fourth-order valence-corrected chi connectivity index (χ4v) is 1.52. The Morgan fingerprint density at radius 2 is 2.29 bits per heavy atom. The van der Waals surface area contributed by atoms with Gasteiger partial charge in [0.15, 0.2) is 0 Å². The summed E-state index contributed by atoms with van der Waals surface area (Å²) in [6.45, 7) is 0.800. The fourth-order valence-electron chi connectivity index (χ4n) is 1.52. The molecule has 21 heavy (non-hydrogen) atoms. The van der Waals surface area contributed by atoms with Gasteiger partial charge in [-0.25, -0.2) is 10.8 Å². The molecule has 1 aromatic heterocycles. The van der Waals surface area contributed by atoms with E-state index >= 15 is 0 Å². The van der Waals surface area contributed by atoms with E-state index in [1.165, 1.54) is 24.1 Å². The van der Waals surface area contributed by atoms with Crippen LogP contribution in [0.5, 0.6) is 0 Å². The van der Waals surface area contributed by atoms with E-state index in [9.17, 15) is 14.9 Å². The van der Waals surface area contributed by atoms with Crippen LogP contribution in [-0.2, 0) is 9.53 Å². The molecule has 1 aromatic rings. The van der Waals surface area contributed by atoms with Crippen molar-refractivity contribution in [3.8, 4) is 0 Å². The van der Waals surface area contributed by atoms with Crippen LogP contribution in [0.15, 0.2) is 12.1 Å². The molecule has 0 atom stereocenters. The van der Waals surface area contributed by atoms with E-state index in [4.69, 9.17) is 10.6 Å². The van der Waals surface area contributed by atoms with Crippen molar-refractivity contribution in [2.45, 2.75) is 0 Å². The van der Waals surface area contributed by atoms with Gasteiger partial charge in [0.05, 0.1) is 30.2 Å². The van der Waals surface area contributed by atoms with Crippen molar-refractivity contribution < 1.29 is 14.5 Å². The zero-order valence-corrected chi connectivity index (χ0v) is 11.8. The predicted octanol–water partition coefficient (Wildman–Crippen LogP) is -0.526. The number of rotatable bonds is 8. The van der Waals surface area contributed by atoms with E-state index in [1.54, 1.807) is 7.05 Å². The number of nitrogens with one attached hydrogen (secondary N) is 2. The highest BCUT2D eigenvalue weighted by molar-refractivity contribution is 5.81. The molecule has 0 bridgehead atoms. The highest BCUT2D eigenvalue weighted by Crippen LogP contribution is 2.21. The Bertz CT molecular complexity index is 509. The largest absolute Gasteiger partial charge is 0.383 e. The maximum Gasteiger partial charge on any atom is 0.276 e. The van der Waals surface area contributed by atoms with Gasteiger partial charge in [-0.15, -0.1) is 0 Å². The fraction of sp³-hybridized carbons (Fsp3) is 0.455. The van der Waals surface area contributed by atoms with Gasteiger partial charge in [0, 0.05) is 20.7 Å². The highest BCUT2D eigenvalue weighted by atomic mass is 16.6. The number of ether oxygens (including phenoxy) is 1. The Labute approximate surface area is 121 Å². The van der Waals surface area contributed by atoms with Gasteiger partial charge < -0.3 is 20.4 Å². The van der Waals surface area contributed by atoms with E-state index in [-0.39, 0.29) is 29.8 Å². The van der Waals surface area contributed by atoms with Crippen molar-refractivity contribution in [2.24, 2.45) is 5.84 Å². The lowest BCUT2D eigenvalue weighted by Crippen LogP contribution is -2.37. The van der Waals surface area contributed by atoms with Crippen molar-refractivity contribution in [3.63, 3.8) is 0 Å². The van der Waals surface area contributed by atoms with Crippen LogP contribution in [0.1, 0.15) is 0 Å². The second-order valence-corrected chi connectivity index (χ2v) is 4.17. The van der Waals surface area contributed by atoms with Gasteiger partial charge in [-0.1, -0.05) is 0 Å². The number of nitrogens with two attached hydrogens (primary N) is 1. The van der Waals surface area contributed by atoms with Crippen LogP contribution in [0.2, 0.25) is 0 Å². The van der Waals surface area contributed by atoms with E-state index in [0.717, 1.165) is 0 Å².